The molecule has 9 N–H and O–H groups in total. The SMILES string of the molecule is CCCCC#N.CCOC(=O)C(CC)C(=O)OCC.O=C=O.O=[N+]([O-])c1c(O)cccc1O.[2H]C([2H])([2H])I.[2H]C([2H])([2H])Oc1cccc(C)c1-n1c(CCCC)nc(O)c(C(=O)N2CC[C@H](c3ccccc3)C2)c1=O.[2H]C([2H])([2H])Oc1cccc(C)c1-n1c(CCCC)nc(O)c(C(=O)OCC)c1=O.[2H]C([2H])([2H])Oc1cccc(C)c1N.[2H]C([2H])([2H])Oc1cccc(C)c1N=C(N)CCCC.[2H]C([2H])([2H])Oc1cccc(C)c1[N+](=O)[O-].c1ccc([C@H]2CCNC2)cc1. The number of methoxy groups -OCH3 is 5. The van der Waals surface area contributed by atoms with Gasteiger partial charge in [-0.3, -0.25) is 53.3 Å². The lowest BCUT2D eigenvalue weighted by atomic mass is 9.99. The molecule has 2 saturated heterocycles. The first kappa shape index (κ1) is 96.7. The van der Waals surface area contributed by atoms with E-state index < -0.39 is 131 Å². The van der Waals surface area contributed by atoms with Crippen LogP contribution in [0.5, 0.6) is 52.0 Å². The number of para-hydroxylation sites is 6. The summed E-state index contributed by atoms with van der Waals surface area (Å²) in [6.45, 7) is 27.1. The molecule has 4 heterocycles. The van der Waals surface area contributed by atoms with Crippen LogP contribution in [0.1, 0.15) is 247 Å². The number of nitrogens with one attached hydrogen (secondary N) is 1. The molecule has 0 unspecified atom stereocenters. The molecule has 0 aliphatic carbocycles. The third kappa shape index (κ3) is 40.0. The number of unbranched alkanes of at least 4 members (excludes halogenated alkanes) is 5. The van der Waals surface area contributed by atoms with Crippen molar-refractivity contribution < 1.29 is 122 Å². The summed E-state index contributed by atoms with van der Waals surface area (Å²) >= 11 is 1.38. The van der Waals surface area contributed by atoms with Gasteiger partial charge in [-0.2, -0.15) is 24.8 Å². The number of nitrogens with two attached hydrogens (primary N) is 2. The lowest BCUT2D eigenvalue weighted by Gasteiger charge is -2.21. The molecule has 36 nitrogen and oxygen atoms in total. The van der Waals surface area contributed by atoms with E-state index in [4.69, 9.17) is 89.6 Å². The van der Waals surface area contributed by atoms with E-state index in [-0.39, 0.29) is 89.3 Å². The number of likely N-dealkylation sites (tertiary alicyclic amines) is 1. The number of anilines is 1. The van der Waals surface area contributed by atoms with Gasteiger partial charge in [0, 0.05) is 60.9 Å². The Labute approximate surface area is 881 Å². The van der Waals surface area contributed by atoms with Gasteiger partial charge in [0.2, 0.25) is 11.8 Å². The number of halogens is 1. The highest BCUT2D eigenvalue weighted by Gasteiger charge is 2.35. The van der Waals surface area contributed by atoms with Crippen LogP contribution >= 0.6 is 22.6 Å². The number of aliphatic imine (C=N–C) groups is 1. The van der Waals surface area contributed by atoms with Gasteiger partial charge in [-0.15, -0.1) is 0 Å². The van der Waals surface area contributed by atoms with Gasteiger partial charge in [0.1, 0.15) is 40.3 Å². The van der Waals surface area contributed by atoms with E-state index in [0.717, 1.165) is 97.2 Å². The number of nitrogens with zero attached hydrogens (tertiary/aromatic N) is 9. The number of phenolic OH excluding ortho intramolecular Hbond substituents is 2. The van der Waals surface area contributed by atoms with E-state index in [2.05, 4.69) is 80.0 Å². The molecular weight excluding hydrogens is 1960 g/mol. The minimum Gasteiger partial charge on any atom is -0.502 e. The summed E-state index contributed by atoms with van der Waals surface area (Å²) in [6, 6.07) is 50.2. The molecule has 2 aliphatic rings. The number of aryl methyl sites for hydroxylation is 7. The molecule has 780 valence electrons. The van der Waals surface area contributed by atoms with Crippen LogP contribution in [-0.4, -0.2) is 176 Å². The highest BCUT2D eigenvalue weighted by Crippen LogP contribution is 2.37. The van der Waals surface area contributed by atoms with Crippen LogP contribution in [0.2, 0.25) is 0 Å². The summed E-state index contributed by atoms with van der Waals surface area (Å²) in [5.41, 5.74) is 14.7. The molecule has 8 aromatic carbocycles. The number of aromatic nitrogens is 4. The number of nitro groups is 2. The summed E-state index contributed by atoms with van der Waals surface area (Å²) in [7, 11) is -13.1. The van der Waals surface area contributed by atoms with Crippen molar-refractivity contribution >= 4 is 81.1 Å². The van der Waals surface area contributed by atoms with Crippen molar-refractivity contribution in [2.45, 2.75) is 198 Å². The number of carbonyl (C=O) groups is 4. The zero-order valence-corrected chi connectivity index (χ0v) is 85.1. The second-order valence-corrected chi connectivity index (χ2v) is 31.3. The van der Waals surface area contributed by atoms with Gasteiger partial charge in [-0.25, -0.2) is 9.79 Å². The normalized spacial score (nSPS) is 14.5. The largest absolute Gasteiger partial charge is 0.502 e. The maximum Gasteiger partial charge on any atom is 0.373 e. The van der Waals surface area contributed by atoms with Crippen LogP contribution in [0.15, 0.2) is 184 Å². The number of aromatic hydroxyl groups is 4. The van der Waals surface area contributed by atoms with Gasteiger partial charge >= 0.3 is 35.4 Å². The fraction of sp³-hybridized carbons (Fsp3) is 0.411. The average Bonchev–Trinajstić information content (AvgIpc) is 1.05. The molecule has 10 aromatic rings. The van der Waals surface area contributed by atoms with Crippen molar-refractivity contribution in [3.63, 3.8) is 0 Å². The summed E-state index contributed by atoms with van der Waals surface area (Å²) in [5.74, 6) is -3.86. The molecule has 2 aliphatic heterocycles. The van der Waals surface area contributed by atoms with E-state index in [1.54, 1.807) is 102 Å². The third-order valence-electron chi connectivity index (χ3n) is 21.2. The van der Waals surface area contributed by atoms with Crippen LogP contribution in [0, 0.1) is 72.1 Å². The molecule has 37 heteroatoms. The first-order chi connectivity index (χ1) is 75.8. The molecule has 144 heavy (non-hydrogen) atoms. The zero-order chi connectivity index (χ0) is 123. The first-order valence-corrected chi connectivity index (χ1v) is 47.1. The first-order valence-electron chi connectivity index (χ1n) is 55.0. The number of nitrogen functional groups attached to an aromatic ring is 1. The monoisotopic (exact) mass is 2120 g/mol. The number of carbonyl (C=O) groups excluding carboxylic acids is 6. The Bertz CT molecular complexity index is 6580. The molecule has 1 amide bonds. The Hall–Kier alpha value is -14.8. The second-order valence-electron chi connectivity index (χ2n) is 31.3. The number of hydrogen-bond donors (Lipinski definition) is 7. The van der Waals surface area contributed by atoms with Crippen LogP contribution in [0.25, 0.3) is 11.4 Å². The number of hydrogen-bond acceptors (Lipinski definition) is 30. The quantitative estimate of drug-likeness (QED) is 0.00181. The smallest absolute Gasteiger partial charge is 0.373 e. The Morgan fingerprint density at radius 2 is 0.965 bits per heavy atom. The topological polar surface area (TPSA) is 517 Å². The molecule has 12 rings (SSSR count). The number of phenols is 2. The van der Waals surface area contributed by atoms with Gasteiger partial charge in [-0.05, 0) is 194 Å². The number of ether oxygens (including phenoxy) is 8. The lowest BCUT2D eigenvalue weighted by Crippen LogP contribution is -2.37. The molecule has 2 atom stereocenters. The highest BCUT2D eigenvalue weighted by atomic mass is 127. The standard InChI is InChI=1S/C27H31N3O4.C19H24N2O5.C13H20N2O.C10H13N.C9H16O4.C8H9NO3.C8H11NO.C6H5NO4.C5H9N.CH3I.CO2/c1-4-5-14-22-28-25(31)23(27(33)30(22)24-18(2)10-9-13-21(24)34-3)26(32)29-16-15-20(17-29)19-11-7-6-8-12-19;1-5-7-11-14-20-17(22)15(19(24)26-6-2)18(23)21(14)16-12(3)9-8-10-13(16)25-4;1-4-5-9-12(14)15-13-10(2)7-6-8-11(13)16-3;1-2-4-9(5-3-1)10-6-7-11-8-10;1-4-7(8(10)12-5-2)9(11)13-6-3;1-6-4-3-5-7(12-2)8(6)9(10)11;1-6-4-3-5-7(10-2)8(6)9;8-4-2-1-3-5(9)6(4)7(10)11;1-2-3-4-5-6;1-2;2-1-3/h6-13,20,31H,4-5,14-17H2,1-3H3;8-10,22H,5-7,11H2,1-4H3;6-8H,4-5,9H2,1-3H3,(H2,14,15);1-5,10-11H,6-8H2;7H,4-6H2,1-3H3;3-5H,1-2H3;3-5H,9H2,1-2H3;1-3,8-9H;2-4H2,1H3;1H3;/t20-;;;10-;;;;;;;/m0..0......./s1/i3D3;4D3;3D3;;;2*2D3;;;1D3;. The molecular formula is C107H141IN12O24. The summed E-state index contributed by atoms with van der Waals surface area (Å²) in [6.07, 6.45) is 11.9. The van der Waals surface area contributed by atoms with Crippen molar-refractivity contribution in [2.24, 2.45) is 16.6 Å². The number of rotatable bonds is 31. The maximum absolute atomic E-state index is 13.9. The Morgan fingerprint density at radius 3 is 1.40 bits per heavy atom. The van der Waals surface area contributed by atoms with Crippen molar-refractivity contribution in [3.8, 4) is 69.5 Å². The molecule has 0 bridgehead atoms. The van der Waals surface area contributed by atoms with Crippen molar-refractivity contribution in [3.05, 3.63) is 273 Å². The van der Waals surface area contributed by atoms with E-state index in [1.165, 1.54) is 95.1 Å². The van der Waals surface area contributed by atoms with Crippen molar-refractivity contribution in [2.75, 3.05) is 91.8 Å². The van der Waals surface area contributed by atoms with Crippen molar-refractivity contribution in [1.29, 1.82) is 5.26 Å². The van der Waals surface area contributed by atoms with Gasteiger partial charge in [0.25, 0.3) is 17.0 Å². The molecule has 0 radical (unpaired) electrons. The van der Waals surface area contributed by atoms with E-state index in [1.807, 2.05) is 57.2 Å². The van der Waals surface area contributed by atoms with E-state index >= 15 is 0 Å². The Balaban J connectivity index is 0.000000636. The van der Waals surface area contributed by atoms with Gasteiger partial charge in [0.05, 0.1) is 114 Å². The second kappa shape index (κ2) is 70.0. The predicted octanol–water partition coefficient (Wildman–Crippen LogP) is 19.8. The fourth-order valence-corrected chi connectivity index (χ4v) is 13.9. The Morgan fingerprint density at radius 1 is 0.549 bits per heavy atom. The zero-order valence-electron chi connectivity index (χ0n) is 101. The fourth-order valence-electron chi connectivity index (χ4n) is 13.9. The predicted molar refractivity (Wildman–Crippen MR) is 564 cm³/mol. The van der Waals surface area contributed by atoms with E-state index in [0.29, 0.717) is 85.5 Å². The van der Waals surface area contributed by atoms with Gasteiger partial charge in [0.15, 0.2) is 34.3 Å². The summed E-state index contributed by atoms with van der Waals surface area (Å²) < 4.78 is 168. The number of nitro benzene ring substituents is 2. The highest BCUT2D eigenvalue weighted by molar-refractivity contribution is 14.1. The Kier molecular flexibility index (Phi) is 47.0. The maximum atomic E-state index is 13.9. The number of nitriles is 1. The molecule has 2 fully saturated rings. The lowest BCUT2D eigenvalue weighted by molar-refractivity contribution is -0.386. The van der Waals surface area contributed by atoms with E-state index in [9.17, 15) is 59.2 Å². The number of amidine groups is 1. The average molecular weight is 2120 g/mol. The molecule has 0 spiro atoms. The minimum absolute atomic E-state index is 0.00702. The number of amides is 1. The number of benzene rings is 8. The minimum atomic E-state index is -2.75. The van der Waals surface area contributed by atoms with Crippen LogP contribution in [0.4, 0.5) is 22.7 Å². The van der Waals surface area contributed by atoms with Gasteiger partial charge < -0.3 is 80.0 Å². The number of esters is 3. The summed E-state index contributed by atoms with van der Waals surface area (Å²) in [4.78, 5) is 123. The van der Waals surface area contributed by atoms with Crippen LogP contribution < -0.4 is 51.6 Å². The van der Waals surface area contributed by atoms with Gasteiger partial charge in [-0.1, -0.05) is 210 Å². The molecule has 2 aromatic heterocycles. The van der Waals surface area contributed by atoms with Crippen molar-refractivity contribution in [1.82, 2.24) is 29.3 Å². The number of alkyl halides is 1. The molecule has 0 saturated carbocycles. The third-order valence-corrected chi connectivity index (χ3v) is 21.2. The van der Waals surface area contributed by atoms with Crippen LogP contribution in [0.3, 0.4) is 0 Å². The summed E-state index contributed by atoms with van der Waals surface area (Å²) in [5, 5.41) is 70.8. The van der Waals surface area contributed by atoms with Crippen LogP contribution in [-0.2, 0) is 46.2 Å².